The molecule has 0 aliphatic carbocycles. The second-order valence-corrected chi connectivity index (χ2v) is 5.59. The van der Waals surface area contributed by atoms with Gasteiger partial charge in [-0.15, -0.1) is 0 Å². The fourth-order valence-electron chi connectivity index (χ4n) is 2.37. The van der Waals surface area contributed by atoms with Gasteiger partial charge in [-0.25, -0.2) is 9.67 Å². The number of carbonyl (C=O) groups excluding carboxylic acids is 1. The molecule has 0 saturated heterocycles. The average molecular weight is 342 g/mol. The molecule has 0 fully saturated rings. The van der Waals surface area contributed by atoms with E-state index in [-0.39, 0.29) is 17.3 Å². The highest BCUT2D eigenvalue weighted by Crippen LogP contribution is 2.21. The number of aromatic nitrogens is 3. The van der Waals surface area contributed by atoms with Crippen LogP contribution in [0.2, 0.25) is 5.02 Å². The predicted octanol–water partition coefficient (Wildman–Crippen LogP) is 3.32. The summed E-state index contributed by atoms with van der Waals surface area (Å²) in [5, 5.41) is 7.44. The summed E-state index contributed by atoms with van der Waals surface area (Å²) in [6.45, 7) is 2.05. The third-order valence-corrected chi connectivity index (χ3v) is 3.84. The van der Waals surface area contributed by atoms with Crippen molar-refractivity contribution in [2.75, 3.05) is 11.1 Å². The van der Waals surface area contributed by atoms with E-state index >= 15 is 0 Å². The van der Waals surface area contributed by atoms with Crippen LogP contribution in [0.5, 0.6) is 0 Å². The lowest BCUT2D eigenvalue weighted by atomic mass is 10.1. The minimum Gasteiger partial charge on any atom is -0.383 e. The van der Waals surface area contributed by atoms with Gasteiger partial charge in [-0.05, 0) is 30.2 Å². The number of nitrogen functional groups attached to an aromatic ring is 1. The molecule has 0 bridgehead atoms. The summed E-state index contributed by atoms with van der Waals surface area (Å²) in [5.41, 5.74) is 8.38. The topological polar surface area (TPSA) is 85.8 Å². The highest BCUT2D eigenvalue weighted by molar-refractivity contribution is 6.30. The van der Waals surface area contributed by atoms with Crippen LogP contribution < -0.4 is 11.1 Å². The number of hydrogen-bond acceptors (Lipinski definition) is 4. The molecule has 7 heteroatoms. The Bertz CT molecular complexity index is 873. The van der Waals surface area contributed by atoms with E-state index in [4.69, 9.17) is 17.3 Å². The van der Waals surface area contributed by atoms with Crippen molar-refractivity contribution in [1.29, 1.82) is 0 Å². The fourth-order valence-corrected chi connectivity index (χ4v) is 2.49. The Labute approximate surface area is 144 Å². The molecule has 3 N–H and O–H groups in total. The van der Waals surface area contributed by atoms with E-state index in [2.05, 4.69) is 22.3 Å². The van der Waals surface area contributed by atoms with Crippen molar-refractivity contribution >= 4 is 29.1 Å². The van der Waals surface area contributed by atoms with Gasteiger partial charge in [0.2, 0.25) is 0 Å². The van der Waals surface area contributed by atoms with Crippen LogP contribution in [-0.2, 0) is 6.42 Å². The molecule has 0 atom stereocenters. The van der Waals surface area contributed by atoms with Crippen LogP contribution in [0.3, 0.4) is 0 Å². The Morgan fingerprint density at radius 1 is 1.25 bits per heavy atom. The molecule has 0 radical (unpaired) electrons. The summed E-state index contributed by atoms with van der Waals surface area (Å²) in [4.78, 5) is 16.4. The predicted molar refractivity (Wildman–Crippen MR) is 94.6 cm³/mol. The first-order valence-electron chi connectivity index (χ1n) is 7.45. The molecule has 0 unspecified atom stereocenters. The molecular weight excluding hydrogens is 326 g/mol. The van der Waals surface area contributed by atoms with Crippen LogP contribution >= 0.6 is 11.6 Å². The van der Waals surface area contributed by atoms with E-state index in [1.807, 2.05) is 24.3 Å². The van der Waals surface area contributed by atoms with Crippen molar-refractivity contribution in [3.05, 3.63) is 64.9 Å². The molecule has 3 rings (SSSR count). The normalized spacial score (nSPS) is 10.6. The lowest BCUT2D eigenvalue weighted by Crippen LogP contribution is -2.15. The van der Waals surface area contributed by atoms with Crippen molar-refractivity contribution in [3.8, 4) is 5.69 Å². The molecule has 2 aromatic heterocycles. The number of anilines is 2. The number of nitrogens with one attached hydrogen (secondary N) is 1. The Morgan fingerprint density at radius 3 is 2.75 bits per heavy atom. The first-order valence-corrected chi connectivity index (χ1v) is 7.82. The Morgan fingerprint density at radius 2 is 2.04 bits per heavy atom. The summed E-state index contributed by atoms with van der Waals surface area (Å²) < 4.78 is 1.57. The van der Waals surface area contributed by atoms with Crippen molar-refractivity contribution in [2.24, 2.45) is 0 Å². The molecule has 0 spiro atoms. The number of nitrogens with zero attached hydrogens (tertiary/aromatic N) is 3. The van der Waals surface area contributed by atoms with E-state index in [1.165, 1.54) is 12.4 Å². The number of rotatable bonds is 4. The maximum Gasteiger partial charge on any atom is 0.262 e. The third kappa shape index (κ3) is 3.09. The van der Waals surface area contributed by atoms with Crippen molar-refractivity contribution in [1.82, 2.24) is 14.8 Å². The van der Waals surface area contributed by atoms with Gasteiger partial charge >= 0.3 is 0 Å². The van der Waals surface area contributed by atoms with Crippen LogP contribution in [0.25, 0.3) is 5.69 Å². The molecule has 0 aliphatic heterocycles. The number of carbonyl (C=O) groups is 1. The number of amides is 1. The summed E-state index contributed by atoms with van der Waals surface area (Å²) >= 11 is 5.78. The van der Waals surface area contributed by atoms with Crippen molar-refractivity contribution < 1.29 is 4.79 Å². The van der Waals surface area contributed by atoms with Gasteiger partial charge in [-0.1, -0.05) is 36.7 Å². The van der Waals surface area contributed by atoms with Crippen molar-refractivity contribution in [3.63, 3.8) is 0 Å². The monoisotopic (exact) mass is 341 g/mol. The third-order valence-electron chi connectivity index (χ3n) is 3.62. The highest BCUT2D eigenvalue weighted by Gasteiger charge is 2.17. The SMILES string of the molecule is CCc1ccccc1-n1ncc(C(=O)Nc2ccc(Cl)cn2)c1N. The molecule has 1 amide bonds. The van der Waals surface area contributed by atoms with Crippen LogP contribution in [0.1, 0.15) is 22.8 Å². The first kappa shape index (κ1) is 16.0. The molecule has 6 nitrogen and oxygen atoms in total. The van der Waals surface area contributed by atoms with Gasteiger partial charge in [0, 0.05) is 6.20 Å². The van der Waals surface area contributed by atoms with E-state index in [0.29, 0.717) is 10.8 Å². The molecule has 24 heavy (non-hydrogen) atoms. The second kappa shape index (κ2) is 6.72. The highest BCUT2D eigenvalue weighted by atomic mass is 35.5. The Kier molecular flexibility index (Phi) is 4.48. The van der Waals surface area contributed by atoms with Gasteiger partial charge in [-0.3, -0.25) is 4.79 Å². The molecule has 1 aromatic carbocycles. The van der Waals surface area contributed by atoms with E-state index in [9.17, 15) is 4.79 Å². The van der Waals surface area contributed by atoms with Crippen LogP contribution in [0.4, 0.5) is 11.6 Å². The number of aryl methyl sites for hydroxylation is 1. The Balaban J connectivity index is 1.89. The smallest absolute Gasteiger partial charge is 0.262 e. The average Bonchev–Trinajstić information content (AvgIpc) is 2.98. The summed E-state index contributed by atoms with van der Waals surface area (Å²) in [5.74, 6) is 0.301. The maximum atomic E-state index is 12.4. The van der Waals surface area contributed by atoms with Gasteiger partial charge in [0.05, 0.1) is 16.9 Å². The minimum absolute atomic E-state index is 0.280. The number of halogens is 1. The largest absolute Gasteiger partial charge is 0.383 e. The van der Waals surface area contributed by atoms with Gasteiger partial charge < -0.3 is 11.1 Å². The standard InChI is InChI=1S/C17H16ClN5O/c1-2-11-5-3-4-6-14(11)23-16(19)13(10-21-23)17(24)22-15-8-7-12(18)9-20-15/h3-10H,2,19H2,1H3,(H,20,22,24). The molecule has 122 valence electrons. The summed E-state index contributed by atoms with van der Waals surface area (Å²) in [6.07, 6.45) is 3.75. The zero-order valence-corrected chi connectivity index (χ0v) is 13.8. The van der Waals surface area contributed by atoms with Gasteiger partial charge in [0.25, 0.3) is 5.91 Å². The second-order valence-electron chi connectivity index (χ2n) is 5.15. The zero-order valence-electron chi connectivity index (χ0n) is 13.0. The molecule has 0 saturated carbocycles. The van der Waals surface area contributed by atoms with Crippen LogP contribution in [0.15, 0.2) is 48.8 Å². The van der Waals surface area contributed by atoms with E-state index < -0.39 is 0 Å². The molecule has 3 aromatic rings. The van der Waals surface area contributed by atoms with Crippen LogP contribution in [-0.4, -0.2) is 20.7 Å². The number of hydrogen-bond donors (Lipinski definition) is 2. The van der Waals surface area contributed by atoms with Crippen molar-refractivity contribution in [2.45, 2.75) is 13.3 Å². The quantitative estimate of drug-likeness (QED) is 0.762. The lowest BCUT2D eigenvalue weighted by Gasteiger charge is -2.10. The number of pyridine rings is 1. The summed E-state index contributed by atoms with van der Waals surface area (Å²) in [7, 11) is 0. The molecule has 2 heterocycles. The van der Waals surface area contributed by atoms with Gasteiger partial charge in [-0.2, -0.15) is 5.10 Å². The summed E-state index contributed by atoms with van der Waals surface area (Å²) in [6, 6.07) is 11.1. The molecule has 0 aliphatic rings. The van der Waals surface area contributed by atoms with Gasteiger partial charge in [0.15, 0.2) is 0 Å². The molecular formula is C17H16ClN5O. The zero-order chi connectivity index (χ0) is 17.1. The van der Waals surface area contributed by atoms with E-state index in [0.717, 1.165) is 17.7 Å². The fraction of sp³-hybridized carbons (Fsp3) is 0.118. The van der Waals surface area contributed by atoms with Gasteiger partial charge in [0.1, 0.15) is 17.2 Å². The number of benzene rings is 1. The Hall–Kier alpha value is -2.86. The first-order chi connectivity index (χ1) is 11.6. The van der Waals surface area contributed by atoms with Crippen LogP contribution in [0, 0.1) is 0 Å². The number of nitrogens with two attached hydrogens (primary N) is 1. The maximum absolute atomic E-state index is 12.4. The number of para-hydroxylation sites is 1. The lowest BCUT2D eigenvalue weighted by molar-refractivity contribution is 0.102. The van der Waals surface area contributed by atoms with E-state index in [1.54, 1.807) is 16.8 Å². The minimum atomic E-state index is -0.373.